The summed E-state index contributed by atoms with van der Waals surface area (Å²) in [5, 5.41) is 4.97. The second kappa shape index (κ2) is 8.73. The third-order valence-electron chi connectivity index (χ3n) is 5.57. The van der Waals surface area contributed by atoms with Crippen LogP contribution in [0.5, 0.6) is 0 Å². The van der Waals surface area contributed by atoms with Gasteiger partial charge in [0.25, 0.3) is 11.5 Å². The number of nitrogens with zero attached hydrogens (tertiary/aromatic N) is 2. The van der Waals surface area contributed by atoms with Crippen molar-refractivity contribution in [3.63, 3.8) is 0 Å². The molecular weight excluding hydrogens is 453 g/mol. The molecule has 34 heavy (non-hydrogen) atoms. The molecule has 1 aromatic heterocycles. The van der Waals surface area contributed by atoms with Crippen LogP contribution in [0.25, 0.3) is 10.9 Å². The van der Waals surface area contributed by atoms with Crippen LogP contribution < -0.4 is 16.2 Å². The van der Waals surface area contributed by atoms with Gasteiger partial charge in [-0.1, -0.05) is 12.1 Å². The number of nitrogens with one attached hydrogen (secondary N) is 2. The summed E-state index contributed by atoms with van der Waals surface area (Å²) in [5.74, 6) is -1.36. The number of hydrogen-bond donors (Lipinski definition) is 2. The molecule has 3 amide bonds. The van der Waals surface area contributed by atoms with Crippen molar-refractivity contribution in [2.45, 2.75) is 38.5 Å². The smallest absolute Gasteiger partial charge is 0.348 e. The van der Waals surface area contributed by atoms with Gasteiger partial charge in [0.05, 0.1) is 16.5 Å². The van der Waals surface area contributed by atoms with Crippen LogP contribution in [0.15, 0.2) is 47.3 Å². The van der Waals surface area contributed by atoms with Crippen molar-refractivity contribution in [3.05, 3.63) is 75.3 Å². The van der Waals surface area contributed by atoms with Gasteiger partial charge in [0.2, 0.25) is 11.8 Å². The number of fused-ring (bicyclic) bond motifs is 1. The number of carbonyl (C=O) groups excluding carboxylic acids is 3. The number of alkyl halides is 3. The number of aryl methyl sites for hydroxylation is 1. The monoisotopic (exact) mass is 472 g/mol. The quantitative estimate of drug-likeness (QED) is 0.568. The van der Waals surface area contributed by atoms with E-state index in [4.69, 9.17) is 0 Å². The Morgan fingerprint density at radius 3 is 2.65 bits per heavy atom. The minimum absolute atomic E-state index is 0.0449. The van der Waals surface area contributed by atoms with E-state index in [9.17, 15) is 32.3 Å². The molecule has 0 saturated carbocycles. The third kappa shape index (κ3) is 4.54. The van der Waals surface area contributed by atoms with Crippen molar-refractivity contribution < 1.29 is 27.6 Å². The minimum Gasteiger partial charge on any atom is -0.348 e. The predicted octanol–water partition coefficient (Wildman–Crippen LogP) is 2.63. The second-order valence-corrected chi connectivity index (χ2v) is 7.91. The van der Waals surface area contributed by atoms with E-state index in [0.717, 1.165) is 18.2 Å². The first kappa shape index (κ1) is 23.1. The summed E-state index contributed by atoms with van der Waals surface area (Å²) >= 11 is 0. The van der Waals surface area contributed by atoms with E-state index in [1.807, 2.05) is 0 Å². The molecule has 8 nitrogen and oxygen atoms in total. The fraction of sp³-hybridized carbons (Fsp3) is 0.261. The van der Waals surface area contributed by atoms with Gasteiger partial charge in [-0.25, -0.2) is 4.98 Å². The van der Waals surface area contributed by atoms with Crippen LogP contribution in [0.3, 0.4) is 0 Å². The lowest BCUT2D eigenvalue weighted by Gasteiger charge is -2.24. The highest BCUT2D eigenvalue weighted by atomic mass is 19.4. The number of halogens is 3. The molecule has 1 aliphatic heterocycles. The second-order valence-electron chi connectivity index (χ2n) is 7.91. The summed E-state index contributed by atoms with van der Waals surface area (Å²) in [6, 6.07) is 7.94. The Kier molecular flexibility index (Phi) is 5.94. The van der Waals surface area contributed by atoms with E-state index in [1.54, 1.807) is 19.1 Å². The Labute approximate surface area is 190 Å². The van der Waals surface area contributed by atoms with Crippen molar-refractivity contribution in [3.8, 4) is 0 Å². The maximum atomic E-state index is 13.2. The van der Waals surface area contributed by atoms with Gasteiger partial charge < -0.3 is 5.32 Å². The maximum absolute atomic E-state index is 13.2. The standard InChI is InChI=1S/C23H19F3N4O4/c1-12-28-17-6-5-13(11-27-20(32)14-3-2-4-15(10-14)23(24,25)26)9-16(17)22(34)30(12)18-7-8-19(31)29-21(18)33/h2-6,9-10,18H,7-8,11H2,1H3,(H,27,32)(H,29,31,33)/t18-/m0/s1. The number of benzene rings is 2. The molecule has 0 unspecified atom stereocenters. The van der Waals surface area contributed by atoms with Gasteiger partial charge in [0, 0.05) is 18.5 Å². The van der Waals surface area contributed by atoms with Crippen molar-refractivity contribution in [1.29, 1.82) is 0 Å². The fourth-order valence-corrected chi connectivity index (χ4v) is 3.88. The molecular formula is C23H19F3N4O4. The molecule has 2 heterocycles. The van der Waals surface area contributed by atoms with Crippen molar-refractivity contribution >= 4 is 28.6 Å². The molecule has 1 atom stereocenters. The molecule has 11 heteroatoms. The van der Waals surface area contributed by atoms with Crippen LogP contribution in [0.4, 0.5) is 13.2 Å². The number of amides is 3. The van der Waals surface area contributed by atoms with Gasteiger partial charge >= 0.3 is 6.18 Å². The van der Waals surface area contributed by atoms with Crippen molar-refractivity contribution in [2.75, 3.05) is 0 Å². The van der Waals surface area contributed by atoms with Crippen LogP contribution in [-0.2, 0) is 22.3 Å². The summed E-state index contributed by atoms with van der Waals surface area (Å²) < 4.78 is 39.9. The number of hydrogen-bond acceptors (Lipinski definition) is 5. The third-order valence-corrected chi connectivity index (χ3v) is 5.57. The number of aromatic nitrogens is 2. The average Bonchev–Trinajstić information content (AvgIpc) is 2.78. The Morgan fingerprint density at radius 1 is 1.18 bits per heavy atom. The Balaban J connectivity index is 1.59. The molecule has 0 bridgehead atoms. The lowest BCUT2D eigenvalue weighted by atomic mass is 10.0. The lowest BCUT2D eigenvalue weighted by Crippen LogP contribution is -2.45. The van der Waals surface area contributed by atoms with Crippen molar-refractivity contribution in [2.24, 2.45) is 0 Å². The highest BCUT2D eigenvalue weighted by Crippen LogP contribution is 2.29. The first-order chi connectivity index (χ1) is 16.0. The van der Waals surface area contributed by atoms with Gasteiger partial charge in [-0.2, -0.15) is 13.2 Å². The van der Waals surface area contributed by atoms with E-state index in [2.05, 4.69) is 15.6 Å². The molecule has 0 aliphatic carbocycles. The summed E-state index contributed by atoms with van der Waals surface area (Å²) in [6.45, 7) is 1.55. The molecule has 0 spiro atoms. The zero-order chi connectivity index (χ0) is 24.6. The summed E-state index contributed by atoms with van der Waals surface area (Å²) in [7, 11) is 0. The Hall–Kier alpha value is -4.02. The van der Waals surface area contributed by atoms with Crippen LogP contribution in [0.1, 0.15) is 46.2 Å². The molecule has 1 aliphatic rings. The minimum atomic E-state index is -4.57. The highest BCUT2D eigenvalue weighted by molar-refractivity contribution is 5.99. The van der Waals surface area contributed by atoms with Gasteiger partial charge in [0.15, 0.2) is 0 Å². The van der Waals surface area contributed by atoms with Gasteiger partial charge in [-0.05, 0) is 49.2 Å². The normalized spacial score (nSPS) is 16.4. The van der Waals surface area contributed by atoms with E-state index in [1.165, 1.54) is 16.7 Å². The molecule has 1 fully saturated rings. The molecule has 0 radical (unpaired) electrons. The first-order valence-corrected chi connectivity index (χ1v) is 10.4. The summed E-state index contributed by atoms with van der Waals surface area (Å²) in [6.07, 6.45) is -4.30. The molecule has 1 saturated heterocycles. The lowest BCUT2D eigenvalue weighted by molar-refractivity contribution is -0.138. The number of carbonyl (C=O) groups is 3. The molecule has 176 valence electrons. The van der Waals surface area contributed by atoms with E-state index >= 15 is 0 Å². The topological polar surface area (TPSA) is 110 Å². The molecule has 3 aromatic rings. The van der Waals surface area contributed by atoms with Gasteiger partial charge in [-0.15, -0.1) is 0 Å². The molecule has 2 N–H and O–H groups in total. The van der Waals surface area contributed by atoms with E-state index in [-0.39, 0.29) is 30.3 Å². The van der Waals surface area contributed by atoms with Crippen LogP contribution in [0.2, 0.25) is 0 Å². The summed E-state index contributed by atoms with van der Waals surface area (Å²) in [4.78, 5) is 53.7. The number of piperidine rings is 1. The van der Waals surface area contributed by atoms with Crippen molar-refractivity contribution in [1.82, 2.24) is 20.2 Å². The van der Waals surface area contributed by atoms with E-state index < -0.39 is 41.1 Å². The molecule has 2 aromatic carbocycles. The summed E-state index contributed by atoms with van der Waals surface area (Å²) in [5.41, 5.74) is -0.637. The van der Waals surface area contributed by atoms with Crippen LogP contribution in [0, 0.1) is 6.92 Å². The zero-order valence-corrected chi connectivity index (χ0v) is 17.9. The number of rotatable bonds is 4. The van der Waals surface area contributed by atoms with Gasteiger partial charge in [0.1, 0.15) is 11.9 Å². The zero-order valence-electron chi connectivity index (χ0n) is 17.9. The Bertz CT molecular complexity index is 1380. The fourth-order valence-electron chi connectivity index (χ4n) is 3.88. The van der Waals surface area contributed by atoms with Gasteiger partial charge in [-0.3, -0.25) is 29.1 Å². The maximum Gasteiger partial charge on any atom is 0.416 e. The van der Waals surface area contributed by atoms with E-state index in [0.29, 0.717) is 16.9 Å². The largest absolute Gasteiger partial charge is 0.416 e. The number of imide groups is 1. The SMILES string of the molecule is Cc1nc2ccc(CNC(=O)c3cccc(C(F)(F)F)c3)cc2c(=O)n1[C@H]1CCC(=O)NC1=O. The predicted molar refractivity (Wildman–Crippen MR) is 115 cm³/mol. The van der Waals surface area contributed by atoms with Crippen LogP contribution >= 0.6 is 0 Å². The average molecular weight is 472 g/mol. The first-order valence-electron chi connectivity index (χ1n) is 10.4. The van der Waals surface area contributed by atoms with Crippen LogP contribution in [-0.4, -0.2) is 27.3 Å². The Morgan fingerprint density at radius 2 is 1.94 bits per heavy atom. The highest BCUT2D eigenvalue weighted by Gasteiger charge is 2.31. The molecule has 4 rings (SSSR count).